The van der Waals surface area contributed by atoms with Gasteiger partial charge in [-0.1, -0.05) is 98.4 Å². The van der Waals surface area contributed by atoms with Gasteiger partial charge in [0.05, 0.1) is 34.5 Å². The Morgan fingerprint density at radius 1 is 0.841 bits per heavy atom. The normalized spacial score (nSPS) is 11.6. The summed E-state index contributed by atoms with van der Waals surface area (Å²) in [5, 5.41) is 0.564. The molecule has 0 spiro atoms. The van der Waals surface area contributed by atoms with E-state index in [1.54, 1.807) is 25.3 Å². The van der Waals surface area contributed by atoms with Crippen LogP contribution in [0, 0.1) is 0 Å². The molecule has 10 heteroatoms. The van der Waals surface area contributed by atoms with E-state index in [2.05, 4.69) is 0 Å². The molecule has 0 saturated carbocycles. The number of hydrogen-bond acceptors (Lipinski definition) is 6. The quantitative estimate of drug-likeness (QED) is 0.141. The number of nitrogens with zero attached hydrogens (tertiary/aromatic N) is 4. The molecular weight excluding hydrogens is 593 g/mol. The van der Waals surface area contributed by atoms with Crippen molar-refractivity contribution < 1.29 is 17.9 Å². The minimum Gasteiger partial charge on any atom is -0.495 e. The molecule has 4 aromatic carbocycles. The molecule has 0 N–H and O–H groups in total. The first-order chi connectivity index (χ1) is 21.3. The fourth-order valence-electron chi connectivity index (χ4n) is 5.11. The second-order valence-electron chi connectivity index (χ2n) is 10.2. The highest BCUT2D eigenvalue weighted by atomic mass is 32.2. The van der Waals surface area contributed by atoms with E-state index in [1.807, 2.05) is 108 Å². The zero-order chi connectivity index (χ0) is 31.1. The number of ether oxygens (including phenoxy) is 1. The molecule has 0 saturated heterocycles. The number of carbonyl (C=O) groups excluding carboxylic acids is 1. The van der Waals surface area contributed by atoms with Crippen LogP contribution in [-0.2, 0) is 27.9 Å². The molecule has 0 atom stereocenters. The zero-order valence-corrected chi connectivity index (χ0v) is 26.7. The Labute approximate surface area is 263 Å². The summed E-state index contributed by atoms with van der Waals surface area (Å²) >= 11 is 1.32. The second kappa shape index (κ2) is 14.1. The molecule has 0 fully saturated rings. The maximum absolute atomic E-state index is 13.8. The van der Waals surface area contributed by atoms with E-state index < -0.39 is 10.0 Å². The molecule has 1 amide bonds. The first kappa shape index (κ1) is 31.3. The SMILES string of the molecule is CCN(CC)S(=O)(=O)c1ccc2c(c1)nc(SCC(=O)N(Cc1ccccc1)Cc1ccccc1)n2-c1ccccc1OC. The Morgan fingerprint density at radius 3 is 2.02 bits per heavy atom. The maximum atomic E-state index is 13.8. The fourth-order valence-corrected chi connectivity index (χ4v) is 7.51. The van der Waals surface area contributed by atoms with Crippen LogP contribution >= 0.6 is 11.8 Å². The number of carbonyl (C=O) groups is 1. The van der Waals surface area contributed by atoms with Gasteiger partial charge in [0.25, 0.3) is 0 Å². The van der Waals surface area contributed by atoms with Gasteiger partial charge >= 0.3 is 0 Å². The molecule has 8 nitrogen and oxygen atoms in total. The van der Waals surface area contributed by atoms with Gasteiger partial charge in [0.1, 0.15) is 5.75 Å². The van der Waals surface area contributed by atoms with E-state index in [9.17, 15) is 13.2 Å². The first-order valence-corrected chi connectivity index (χ1v) is 16.9. The molecule has 0 aliphatic rings. The lowest BCUT2D eigenvalue weighted by Crippen LogP contribution is -2.31. The standard InChI is InChI=1S/C34H36N4O4S2/c1-4-37(5-2)44(40,41)28-20-21-30-29(22-28)35-34(38(30)31-18-12-13-19-32(31)42-3)43-25-33(39)36(23-26-14-8-6-9-15-26)24-27-16-10-7-11-17-27/h6-22H,4-5,23-25H2,1-3H3. The molecule has 0 aliphatic heterocycles. The van der Waals surface area contributed by atoms with Crippen molar-refractivity contribution in [2.75, 3.05) is 26.0 Å². The second-order valence-corrected chi connectivity index (χ2v) is 13.0. The predicted octanol–water partition coefficient (Wildman–Crippen LogP) is 6.39. The van der Waals surface area contributed by atoms with Crippen molar-refractivity contribution in [3.63, 3.8) is 0 Å². The molecule has 1 heterocycles. The topological polar surface area (TPSA) is 84.7 Å². The van der Waals surface area contributed by atoms with E-state index in [0.29, 0.717) is 48.1 Å². The number of thioether (sulfide) groups is 1. The molecule has 0 radical (unpaired) electrons. The van der Waals surface area contributed by atoms with Crippen molar-refractivity contribution in [1.29, 1.82) is 0 Å². The summed E-state index contributed by atoms with van der Waals surface area (Å²) in [6.45, 7) is 5.34. The van der Waals surface area contributed by atoms with Crippen LogP contribution in [0.2, 0.25) is 0 Å². The lowest BCUT2D eigenvalue weighted by Gasteiger charge is -2.23. The molecule has 0 unspecified atom stereocenters. The molecule has 1 aromatic heterocycles. The van der Waals surface area contributed by atoms with Crippen molar-refractivity contribution in [3.8, 4) is 11.4 Å². The summed E-state index contributed by atoms with van der Waals surface area (Å²) in [6, 6.07) is 32.5. The summed E-state index contributed by atoms with van der Waals surface area (Å²) in [5.74, 6) is 0.740. The fraction of sp³-hybridized carbons (Fsp3) is 0.235. The van der Waals surface area contributed by atoms with Crippen molar-refractivity contribution >= 4 is 38.7 Å². The molecule has 5 rings (SSSR count). The lowest BCUT2D eigenvalue weighted by atomic mass is 10.1. The predicted molar refractivity (Wildman–Crippen MR) is 176 cm³/mol. The molecule has 228 valence electrons. The van der Waals surface area contributed by atoms with Crippen molar-refractivity contribution in [3.05, 3.63) is 114 Å². The maximum Gasteiger partial charge on any atom is 0.243 e. The van der Waals surface area contributed by atoms with Gasteiger partial charge in [0.15, 0.2) is 5.16 Å². The number of fused-ring (bicyclic) bond motifs is 1. The smallest absolute Gasteiger partial charge is 0.243 e. The number of hydrogen-bond donors (Lipinski definition) is 0. The largest absolute Gasteiger partial charge is 0.495 e. The third-order valence-electron chi connectivity index (χ3n) is 7.37. The summed E-state index contributed by atoms with van der Waals surface area (Å²) in [6.07, 6.45) is 0. The monoisotopic (exact) mass is 628 g/mol. The Hall–Kier alpha value is -4.12. The van der Waals surface area contributed by atoms with Gasteiger partial charge in [0.2, 0.25) is 15.9 Å². The average molecular weight is 629 g/mol. The number of para-hydroxylation sites is 2. The van der Waals surface area contributed by atoms with Gasteiger partial charge in [-0.2, -0.15) is 4.31 Å². The Balaban J connectivity index is 1.51. The highest BCUT2D eigenvalue weighted by molar-refractivity contribution is 7.99. The summed E-state index contributed by atoms with van der Waals surface area (Å²) in [5.41, 5.74) is 4.07. The van der Waals surface area contributed by atoms with E-state index in [4.69, 9.17) is 9.72 Å². The van der Waals surface area contributed by atoms with Crippen LogP contribution in [0.15, 0.2) is 113 Å². The molecule has 0 aliphatic carbocycles. The van der Waals surface area contributed by atoms with Gasteiger partial charge in [-0.25, -0.2) is 13.4 Å². The van der Waals surface area contributed by atoms with Crippen LogP contribution in [-0.4, -0.2) is 59.0 Å². The number of aromatic nitrogens is 2. The number of methoxy groups -OCH3 is 1. The Kier molecular flexibility index (Phi) is 10.0. The summed E-state index contributed by atoms with van der Waals surface area (Å²) in [4.78, 5) is 20.7. The minimum absolute atomic E-state index is 0.0360. The zero-order valence-electron chi connectivity index (χ0n) is 25.1. The number of sulfonamides is 1. The van der Waals surface area contributed by atoms with Crippen molar-refractivity contribution in [2.24, 2.45) is 0 Å². The highest BCUT2D eigenvalue weighted by Gasteiger charge is 2.25. The number of rotatable bonds is 13. The van der Waals surface area contributed by atoms with E-state index >= 15 is 0 Å². The van der Waals surface area contributed by atoms with Gasteiger partial charge in [-0.05, 0) is 41.5 Å². The molecule has 0 bridgehead atoms. The van der Waals surface area contributed by atoms with Crippen LogP contribution in [0.5, 0.6) is 5.75 Å². The molecule has 5 aromatic rings. The van der Waals surface area contributed by atoms with Crippen LogP contribution in [0.4, 0.5) is 0 Å². The number of amides is 1. The van der Waals surface area contributed by atoms with Crippen molar-refractivity contribution in [1.82, 2.24) is 18.8 Å². The Bertz CT molecular complexity index is 1780. The highest BCUT2D eigenvalue weighted by Crippen LogP contribution is 2.34. The third kappa shape index (κ3) is 6.83. The average Bonchev–Trinajstić information content (AvgIpc) is 3.42. The van der Waals surface area contributed by atoms with Crippen LogP contribution in [0.25, 0.3) is 16.7 Å². The van der Waals surface area contributed by atoms with Gasteiger partial charge in [-0.15, -0.1) is 0 Å². The Morgan fingerprint density at radius 2 is 1.43 bits per heavy atom. The third-order valence-corrected chi connectivity index (χ3v) is 10.3. The van der Waals surface area contributed by atoms with Crippen molar-refractivity contribution in [2.45, 2.75) is 37.0 Å². The summed E-state index contributed by atoms with van der Waals surface area (Å²) < 4.78 is 35.6. The van der Waals surface area contributed by atoms with E-state index in [1.165, 1.54) is 16.1 Å². The van der Waals surface area contributed by atoms with Gasteiger partial charge in [-0.3, -0.25) is 9.36 Å². The number of benzene rings is 4. The molecular formula is C34H36N4O4S2. The van der Waals surface area contributed by atoms with E-state index in [0.717, 1.165) is 16.8 Å². The van der Waals surface area contributed by atoms with Gasteiger partial charge in [0, 0.05) is 26.2 Å². The first-order valence-electron chi connectivity index (χ1n) is 14.5. The van der Waals surface area contributed by atoms with Crippen LogP contribution in [0.3, 0.4) is 0 Å². The number of imidazole rings is 1. The van der Waals surface area contributed by atoms with Crippen LogP contribution < -0.4 is 4.74 Å². The van der Waals surface area contributed by atoms with Crippen LogP contribution in [0.1, 0.15) is 25.0 Å². The minimum atomic E-state index is -3.68. The van der Waals surface area contributed by atoms with Gasteiger partial charge < -0.3 is 9.64 Å². The summed E-state index contributed by atoms with van der Waals surface area (Å²) in [7, 11) is -2.07. The lowest BCUT2D eigenvalue weighted by molar-refractivity contribution is -0.129. The van der Waals surface area contributed by atoms with E-state index in [-0.39, 0.29) is 16.6 Å². The molecule has 44 heavy (non-hydrogen) atoms.